The van der Waals surface area contributed by atoms with Gasteiger partial charge < -0.3 is 33.8 Å². The molecule has 101 heavy (non-hydrogen) atoms. The average molecular weight is 1480 g/mol. The highest BCUT2D eigenvalue weighted by Crippen LogP contribution is 2.45. The summed E-state index contributed by atoms with van der Waals surface area (Å²) in [5.41, 5.74) is 0. The molecule has 0 aromatic carbocycles. The molecule has 0 aromatic rings. The molecule has 19 heteroatoms. The van der Waals surface area contributed by atoms with E-state index in [9.17, 15) is 43.2 Å². The maximum atomic E-state index is 13.1. The summed E-state index contributed by atoms with van der Waals surface area (Å²) in [4.78, 5) is 73.0. The van der Waals surface area contributed by atoms with E-state index in [0.29, 0.717) is 31.6 Å². The summed E-state index contributed by atoms with van der Waals surface area (Å²) in [5.74, 6) is 1.00. The number of phosphoric ester groups is 2. The van der Waals surface area contributed by atoms with Gasteiger partial charge in [0.15, 0.2) is 12.2 Å². The number of carbonyl (C=O) groups excluding carboxylic acids is 4. The Hall–Kier alpha value is -1.94. The Morgan fingerprint density at radius 3 is 0.703 bits per heavy atom. The first kappa shape index (κ1) is 99.1. The molecule has 0 saturated heterocycles. The number of hydrogen-bond acceptors (Lipinski definition) is 15. The predicted molar refractivity (Wildman–Crippen MR) is 414 cm³/mol. The summed E-state index contributed by atoms with van der Waals surface area (Å²) in [6, 6.07) is 0. The van der Waals surface area contributed by atoms with Crippen LogP contribution in [-0.4, -0.2) is 96.7 Å². The van der Waals surface area contributed by atoms with Gasteiger partial charge in [-0.1, -0.05) is 370 Å². The maximum Gasteiger partial charge on any atom is 0.472 e. The summed E-state index contributed by atoms with van der Waals surface area (Å²) in [6.45, 7) is 14.3. The molecule has 600 valence electrons. The van der Waals surface area contributed by atoms with E-state index in [1.54, 1.807) is 0 Å². The van der Waals surface area contributed by atoms with Crippen LogP contribution in [0.3, 0.4) is 0 Å². The average Bonchev–Trinajstić information content (AvgIpc) is 0.929. The zero-order chi connectivity index (χ0) is 74.6. The normalized spacial score (nSPS) is 14.3. The Morgan fingerprint density at radius 2 is 0.475 bits per heavy atom. The molecule has 0 radical (unpaired) electrons. The van der Waals surface area contributed by atoms with E-state index in [4.69, 9.17) is 37.0 Å². The van der Waals surface area contributed by atoms with Crippen LogP contribution in [0, 0.1) is 23.7 Å². The van der Waals surface area contributed by atoms with E-state index < -0.39 is 97.5 Å². The molecule has 0 aromatic heterocycles. The molecule has 6 atom stereocenters. The number of aliphatic hydroxyl groups excluding tert-OH is 1. The van der Waals surface area contributed by atoms with E-state index in [0.717, 1.165) is 114 Å². The van der Waals surface area contributed by atoms with Crippen LogP contribution in [-0.2, 0) is 65.4 Å². The molecule has 17 nitrogen and oxygen atoms in total. The van der Waals surface area contributed by atoms with E-state index in [1.807, 2.05) is 0 Å². The predicted octanol–water partition coefficient (Wildman–Crippen LogP) is 24.4. The Balaban J connectivity index is 5.19. The van der Waals surface area contributed by atoms with Crippen LogP contribution >= 0.6 is 15.6 Å². The molecule has 4 unspecified atom stereocenters. The van der Waals surface area contributed by atoms with Crippen molar-refractivity contribution >= 4 is 39.5 Å². The van der Waals surface area contributed by atoms with Crippen molar-refractivity contribution in [1.29, 1.82) is 0 Å². The van der Waals surface area contributed by atoms with Crippen molar-refractivity contribution in [3.05, 3.63) is 0 Å². The van der Waals surface area contributed by atoms with E-state index >= 15 is 0 Å². The van der Waals surface area contributed by atoms with Gasteiger partial charge >= 0.3 is 39.5 Å². The summed E-state index contributed by atoms with van der Waals surface area (Å²) < 4.78 is 68.7. The molecule has 0 heterocycles. The Morgan fingerprint density at radius 1 is 0.277 bits per heavy atom. The largest absolute Gasteiger partial charge is 0.472 e. The first-order valence-corrected chi connectivity index (χ1v) is 45.2. The molecule has 0 aliphatic carbocycles. The zero-order valence-electron chi connectivity index (χ0n) is 66.5. The van der Waals surface area contributed by atoms with Crippen LogP contribution in [0.25, 0.3) is 0 Å². The Labute approximate surface area is 619 Å². The van der Waals surface area contributed by atoms with Crippen LogP contribution in [0.2, 0.25) is 0 Å². The number of ether oxygens (including phenoxy) is 4. The zero-order valence-corrected chi connectivity index (χ0v) is 68.3. The molecular weight excluding hydrogens is 1320 g/mol. The van der Waals surface area contributed by atoms with Gasteiger partial charge in [0.25, 0.3) is 0 Å². The van der Waals surface area contributed by atoms with Crippen molar-refractivity contribution in [3.8, 4) is 0 Å². The maximum absolute atomic E-state index is 13.1. The fraction of sp³-hybridized carbons (Fsp3) is 0.951. The van der Waals surface area contributed by atoms with Gasteiger partial charge in [0.05, 0.1) is 26.4 Å². The summed E-state index contributed by atoms with van der Waals surface area (Å²) >= 11 is 0. The lowest BCUT2D eigenvalue weighted by Crippen LogP contribution is -2.30. The van der Waals surface area contributed by atoms with Gasteiger partial charge in [0.2, 0.25) is 0 Å². The van der Waals surface area contributed by atoms with E-state index in [2.05, 4.69) is 55.4 Å². The minimum atomic E-state index is -4.96. The van der Waals surface area contributed by atoms with Crippen LogP contribution in [0.15, 0.2) is 0 Å². The molecule has 3 N–H and O–H groups in total. The first-order valence-electron chi connectivity index (χ1n) is 42.2. The summed E-state index contributed by atoms with van der Waals surface area (Å²) in [6.07, 6.45) is 58.4. The van der Waals surface area contributed by atoms with Crippen LogP contribution in [0.4, 0.5) is 0 Å². The number of esters is 4. The van der Waals surface area contributed by atoms with E-state index in [1.165, 1.54) is 218 Å². The van der Waals surface area contributed by atoms with E-state index in [-0.39, 0.29) is 25.7 Å². The second kappa shape index (κ2) is 71.0. The molecular formula is C82H160O17P2. The Kier molecular flexibility index (Phi) is 69.6. The van der Waals surface area contributed by atoms with Gasteiger partial charge in [-0.15, -0.1) is 0 Å². The van der Waals surface area contributed by atoms with Crippen molar-refractivity contribution in [2.45, 2.75) is 440 Å². The number of unbranched alkanes of at least 4 members (excludes halogenated alkanes) is 44. The molecule has 0 spiro atoms. The Bertz CT molecular complexity index is 1970. The van der Waals surface area contributed by atoms with Gasteiger partial charge in [-0.3, -0.25) is 37.3 Å². The van der Waals surface area contributed by atoms with Crippen molar-refractivity contribution in [3.63, 3.8) is 0 Å². The topological polar surface area (TPSA) is 237 Å². The fourth-order valence-electron chi connectivity index (χ4n) is 12.6. The van der Waals surface area contributed by atoms with Crippen molar-refractivity contribution in [2.75, 3.05) is 39.6 Å². The highest BCUT2D eigenvalue weighted by Gasteiger charge is 2.30. The minimum absolute atomic E-state index is 0.106. The molecule has 0 bridgehead atoms. The lowest BCUT2D eigenvalue weighted by atomic mass is 9.99. The number of rotatable bonds is 79. The number of aliphatic hydroxyl groups is 1. The van der Waals surface area contributed by atoms with Crippen molar-refractivity contribution in [2.24, 2.45) is 23.7 Å². The molecule has 0 saturated carbocycles. The number of carbonyl (C=O) groups is 4. The van der Waals surface area contributed by atoms with Crippen molar-refractivity contribution in [1.82, 2.24) is 0 Å². The third-order valence-corrected chi connectivity index (χ3v) is 21.3. The van der Waals surface area contributed by atoms with Gasteiger partial charge in [0.1, 0.15) is 19.3 Å². The second-order valence-corrected chi connectivity index (χ2v) is 34.1. The van der Waals surface area contributed by atoms with Gasteiger partial charge in [-0.05, 0) is 49.4 Å². The molecule has 0 aliphatic rings. The van der Waals surface area contributed by atoms with Gasteiger partial charge in [0, 0.05) is 25.7 Å². The standard InChI is InChI=1S/C82H160O17P2/c1-9-75(8)61-53-45-37-29-23-19-14-12-10-11-13-15-20-24-30-39-48-56-64-81(86)98-77(68-92-79(84)62-54-46-38-32-26-28-35-43-51-59-73(4)5)70-96-100(88,89)94-66-76(83)67-95-101(90,91)97-71-78(69-93-80(85)63-55-47-41-33-36-44-52-60-74(6)7)99-82(87)65-57-49-40-31-25-21-17-16-18-22-27-34-42-50-58-72(2)3/h72-78,83H,9-71H2,1-8H3,(H,88,89)(H,90,91)/t75?,76?,77-,78-/m1/s1. The number of hydrogen-bond donors (Lipinski definition) is 3. The van der Waals surface area contributed by atoms with Crippen LogP contribution < -0.4 is 0 Å². The highest BCUT2D eigenvalue weighted by molar-refractivity contribution is 7.47. The lowest BCUT2D eigenvalue weighted by molar-refractivity contribution is -0.161. The monoisotopic (exact) mass is 1480 g/mol. The molecule has 0 rings (SSSR count). The fourth-order valence-corrected chi connectivity index (χ4v) is 14.2. The summed E-state index contributed by atoms with van der Waals surface area (Å²) in [7, 11) is -9.92. The van der Waals surface area contributed by atoms with Crippen molar-refractivity contribution < 1.29 is 80.2 Å². The van der Waals surface area contributed by atoms with Crippen LogP contribution in [0.5, 0.6) is 0 Å². The quantitative estimate of drug-likeness (QED) is 0.0222. The van der Waals surface area contributed by atoms with Gasteiger partial charge in [-0.2, -0.15) is 0 Å². The molecule has 0 amide bonds. The number of phosphoric acid groups is 2. The third kappa shape index (κ3) is 74.7. The SMILES string of the molecule is CCC(C)CCCCCCCCCCCCCCCCCCCCC(=O)O[C@H](COC(=O)CCCCCCCCCCCC(C)C)COP(=O)(O)OCC(O)COP(=O)(O)OC[C@@H](COC(=O)CCCCCCCCCC(C)C)OC(=O)CCCCCCCCCCCCCCCCC(C)C. The smallest absolute Gasteiger partial charge is 0.462 e. The second-order valence-electron chi connectivity index (χ2n) is 31.2. The molecule has 0 fully saturated rings. The lowest BCUT2D eigenvalue weighted by Gasteiger charge is -2.21. The summed E-state index contributed by atoms with van der Waals surface area (Å²) in [5, 5.41) is 10.6. The third-order valence-electron chi connectivity index (χ3n) is 19.4. The van der Waals surface area contributed by atoms with Crippen LogP contribution in [0.1, 0.15) is 421 Å². The first-order chi connectivity index (χ1) is 48.6. The minimum Gasteiger partial charge on any atom is -0.462 e. The highest BCUT2D eigenvalue weighted by atomic mass is 31.2. The van der Waals surface area contributed by atoms with Gasteiger partial charge in [-0.25, -0.2) is 9.13 Å². The molecule has 0 aliphatic heterocycles.